The summed E-state index contributed by atoms with van der Waals surface area (Å²) in [5.41, 5.74) is 1.43. The first-order valence-corrected chi connectivity index (χ1v) is 8.29. The smallest absolute Gasteiger partial charge is 0.312 e. The molecule has 0 aliphatic heterocycles. The van der Waals surface area contributed by atoms with Crippen LogP contribution in [0.5, 0.6) is 5.75 Å². The SMILES string of the molecule is COc1ccc(CC(C)C(=O)NCC(C(=O)O)c2ccc(F)cc2)cc1. The van der Waals surface area contributed by atoms with E-state index >= 15 is 0 Å². The monoisotopic (exact) mass is 359 g/mol. The molecule has 0 saturated carbocycles. The van der Waals surface area contributed by atoms with Crippen LogP contribution >= 0.6 is 0 Å². The minimum absolute atomic E-state index is 0.0489. The van der Waals surface area contributed by atoms with Crippen LogP contribution in [-0.4, -0.2) is 30.6 Å². The largest absolute Gasteiger partial charge is 0.497 e. The lowest BCUT2D eigenvalue weighted by Gasteiger charge is -2.17. The van der Waals surface area contributed by atoms with E-state index in [1.165, 1.54) is 24.3 Å². The van der Waals surface area contributed by atoms with Crippen molar-refractivity contribution in [1.29, 1.82) is 0 Å². The van der Waals surface area contributed by atoms with E-state index in [4.69, 9.17) is 4.74 Å². The standard InChI is InChI=1S/C20H22FNO4/c1-13(11-14-3-9-17(26-2)10-4-14)19(23)22-12-18(20(24)25)15-5-7-16(21)8-6-15/h3-10,13,18H,11-12H2,1-2H3,(H,22,23)(H,24,25). The zero-order valence-electron chi connectivity index (χ0n) is 14.7. The van der Waals surface area contributed by atoms with Gasteiger partial charge in [-0.1, -0.05) is 31.2 Å². The molecule has 2 aromatic carbocycles. The molecule has 2 unspecified atom stereocenters. The van der Waals surface area contributed by atoms with Gasteiger partial charge in [0.25, 0.3) is 0 Å². The molecular weight excluding hydrogens is 337 g/mol. The molecular formula is C20H22FNO4. The molecule has 1 amide bonds. The number of carbonyl (C=O) groups excluding carboxylic acids is 1. The van der Waals surface area contributed by atoms with Crippen molar-refractivity contribution >= 4 is 11.9 Å². The Hall–Kier alpha value is -2.89. The van der Waals surface area contributed by atoms with Crippen LogP contribution in [-0.2, 0) is 16.0 Å². The molecule has 5 nitrogen and oxygen atoms in total. The Kier molecular flexibility index (Phi) is 6.72. The van der Waals surface area contributed by atoms with Crippen LogP contribution in [0.4, 0.5) is 4.39 Å². The first-order chi connectivity index (χ1) is 12.4. The van der Waals surface area contributed by atoms with Gasteiger partial charge in [-0.3, -0.25) is 9.59 Å². The number of amides is 1. The van der Waals surface area contributed by atoms with Crippen LogP contribution in [0.25, 0.3) is 0 Å². The van der Waals surface area contributed by atoms with Crippen molar-refractivity contribution in [3.8, 4) is 5.75 Å². The van der Waals surface area contributed by atoms with Gasteiger partial charge < -0.3 is 15.2 Å². The third-order valence-electron chi connectivity index (χ3n) is 4.20. The van der Waals surface area contributed by atoms with Gasteiger partial charge in [0.2, 0.25) is 5.91 Å². The summed E-state index contributed by atoms with van der Waals surface area (Å²) in [6.45, 7) is 1.74. The minimum Gasteiger partial charge on any atom is -0.497 e. The summed E-state index contributed by atoms with van der Waals surface area (Å²) in [5, 5.41) is 12.1. The van der Waals surface area contributed by atoms with E-state index in [1.54, 1.807) is 14.0 Å². The van der Waals surface area contributed by atoms with Crippen LogP contribution in [0, 0.1) is 11.7 Å². The Morgan fingerprint density at radius 1 is 1.12 bits per heavy atom. The highest BCUT2D eigenvalue weighted by Gasteiger charge is 2.22. The van der Waals surface area contributed by atoms with Crippen molar-refractivity contribution in [3.63, 3.8) is 0 Å². The van der Waals surface area contributed by atoms with E-state index in [1.807, 2.05) is 24.3 Å². The van der Waals surface area contributed by atoms with Gasteiger partial charge in [-0.2, -0.15) is 0 Å². The summed E-state index contributed by atoms with van der Waals surface area (Å²) in [6.07, 6.45) is 0.532. The van der Waals surface area contributed by atoms with Crippen molar-refractivity contribution in [1.82, 2.24) is 5.32 Å². The number of ether oxygens (including phenoxy) is 1. The molecule has 0 aliphatic carbocycles. The number of benzene rings is 2. The van der Waals surface area contributed by atoms with E-state index in [-0.39, 0.29) is 18.4 Å². The lowest BCUT2D eigenvalue weighted by Crippen LogP contribution is -2.35. The van der Waals surface area contributed by atoms with Crippen molar-refractivity contribution in [2.45, 2.75) is 19.3 Å². The molecule has 6 heteroatoms. The van der Waals surface area contributed by atoms with Crippen molar-refractivity contribution in [2.24, 2.45) is 5.92 Å². The summed E-state index contributed by atoms with van der Waals surface area (Å²) in [5.74, 6) is -2.22. The Bertz CT molecular complexity index is 743. The molecule has 138 valence electrons. The fourth-order valence-corrected chi connectivity index (χ4v) is 2.63. The summed E-state index contributed by atoms with van der Waals surface area (Å²) in [6, 6.07) is 12.7. The second kappa shape index (κ2) is 8.99. The average Bonchev–Trinajstić information content (AvgIpc) is 2.63. The quantitative estimate of drug-likeness (QED) is 0.760. The number of nitrogens with one attached hydrogen (secondary N) is 1. The lowest BCUT2D eigenvalue weighted by atomic mass is 9.97. The zero-order chi connectivity index (χ0) is 19.1. The summed E-state index contributed by atoms with van der Waals surface area (Å²) < 4.78 is 18.1. The first-order valence-electron chi connectivity index (χ1n) is 8.29. The number of methoxy groups -OCH3 is 1. The number of carbonyl (C=O) groups is 2. The maximum atomic E-state index is 13.0. The van der Waals surface area contributed by atoms with Crippen LogP contribution in [0.2, 0.25) is 0 Å². The zero-order valence-corrected chi connectivity index (χ0v) is 14.7. The number of carboxylic acids is 1. The third kappa shape index (κ3) is 5.31. The predicted molar refractivity (Wildman–Crippen MR) is 95.6 cm³/mol. The molecule has 2 aromatic rings. The van der Waals surface area contributed by atoms with Crippen LogP contribution < -0.4 is 10.1 Å². The maximum absolute atomic E-state index is 13.0. The van der Waals surface area contributed by atoms with Crippen molar-refractivity contribution in [3.05, 3.63) is 65.5 Å². The highest BCUT2D eigenvalue weighted by molar-refractivity contribution is 5.81. The Balaban J connectivity index is 1.93. The number of rotatable bonds is 8. The average molecular weight is 359 g/mol. The highest BCUT2D eigenvalue weighted by Crippen LogP contribution is 2.17. The van der Waals surface area contributed by atoms with Gasteiger partial charge in [0, 0.05) is 12.5 Å². The molecule has 0 spiro atoms. The minimum atomic E-state index is -1.07. The van der Waals surface area contributed by atoms with Gasteiger partial charge in [-0.05, 0) is 41.8 Å². The van der Waals surface area contributed by atoms with Gasteiger partial charge in [0.15, 0.2) is 0 Å². The number of aliphatic carboxylic acids is 1. The molecule has 2 N–H and O–H groups in total. The van der Waals surface area contributed by atoms with Crippen LogP contribution in [0.3, 0.4) is 0 Å². The maximum Gasteiger partial charge on any atom is 0.312 e. The number of hydrogen-bond acceptors (Lipinski definition) is 3. The molecule has 0 saturated heterocycles. The molecule has 0 aliphatic rings. The van der Waals surface area contributed by atoms with Gasteiger partial charge in [-0.15, -0.1) is 0 Å². The van der Waals surface area contributed by atoms with Crippen LogP contribution in [0.15, 0.2) is 48.5 Å². The fraction of sp³-hybridized carbons (Fsp3) is 0.300. The normalized spacial score (nSPS) is 12.9. The Morgan fingerprint density at radius 2 is 1.73 bits per heavy atom. The Morgan fingerprint density at radius 3 is 2.27 bits per heavy atom. The second-order valence-electron chi connectivity index (χ2n) is 6.14. The summed E-state index contributed by atoms with van der Waals surface area (Å²) in [4.78, 5) is 23.8. The van der Waals surface area contributed by atoms with Gasteiger partial charge in [0.05, 0.1) is 13.0 Å². The summed E-state index contributed by atoms with van der Waals surface area (Å²) >= 11 is 0. The van der Waals surface area contributed by atoms with E-state index < -0.39 is 17.7 Å². The van der Waals surface area contributed by atoms with Gasteiger partial charge in [-0.25, -0.2) is 4.39 Å². The Labute approximate surface area is 151 Å². The highest BCUT2D eigenvalue weighted by atomic mass is 19.1. The van der Waals surface area contributed by atoms with Crippen LogP contribution in [0.1, 0.15) is 24.0 Å². The molecule has 0 heterocycles. The first kappa shape index (κ1) is 19.4. The second-order valence-corrected chi connectivity index (χ2v) is 6.14. The molecule has 2 atom stereocenters. The molecule has 0 radical (unpaired) electrons. The molecule has 0 aromatic heterocycles. The van der Waals surface area contributed by atoms with E-state index in [0.717, 1.165) is 11.3 Å². The van der Waals surface area contributed by atoms with Gasteiger partial charge >= 0.3 is 5.97 Å². The molecule has 2 rings (SSSR count). The molecule has 0 bridgehead atoms. The van der Waals surface area contributed by atoms with Crippen molar-refractivity contribution in [2.75, 3.05) is 13.7 Å². The van der Waals surface area contributed by atoms with E-state index in [9.17, 15) is 19.1 Å². The number of hydrogen-bond donors (Lipinski definition) is 2. The molecule has 26 heavy (non-hydrogen) atoms. The third-order valence-corrected chi connectivity index (χ3v) is 4.20. The number of halogens is 1. The summed E-state index contributed by atoms with van der Waals surface area (Å²) in [7, 11) is 1.59. The van der Waals surface area contributed by atoms with Crippen molar-refractivity contribution < 1.29 is 23.8 Å². The lowest BCUT2D eigenvalue weighted by molar-refractivity contribution is -0.138. The fourth-order valence-electron chi connectivity index (χ4n) is 2.63. The molecule has 0 fully saturated rings. The van der Waals surface area contributed by atoms with E-state index in [0.29, 0.717) is 12.0 Å². The van der Waals surface area contributed by atoms with E-state index in [2.05, 4.69) is 5.32 Å². The van der Waals surface area contributed by atoms with Gasteiger partial charge in [0.1, 0.15) is 11.6 Å². The predicted octanol–water partition coefficient (Wildman–Crippen LogP) is 3.00. The number of carboxylic acid groups (broad SMARTS) is 1. The topological polar surface area (TPSA) is 75.6 Å².